The normalized spacial score (nSPS) is 22.5. The Hall–Kier alpha value is -1.13. The molecule has 1 amide bonds. The van der Waals surface area contributed by atoms with Crippen molar-refractivity contribution in [2.24, 2.45) is 11.3 Å². The zero-order valence-electron chi connectivity index (χ0n) is 17.7. The second kappa shape index (κ2) is 8.26. The van der Waals surface area contributed by atoms with Crippen molar-refractivity contribution < 1.29 is 9.22 Å². The molecule has 0 radical (unpaired) electrons. The van der Waals surface area contributed by atoms with E-state index < -0.39 is 8.32 Å². The lowest BCUT2D eigenvalue weighted by Crippen LogP contribution is -2.39. The van der Waals surface area contributed by atoms with Crippen molar-refractivity contribution in [3.05, 3.63) is 35.9 Å². The highest BCUT2D eigenvalue weighted by Crippen LogP contribution is 2.41. The number of carbonyl (C=O) groups excluding carboxylic acids is 1. The van der Waals surface area contributed by atoms with Crippen molar-refractivity contribution in [1.29, 1.82) is 0 Å². The maximum absolute atomic E-state index is 13.1. The van der Waals surface area contributed by atoms with Gasteiger partial charge in [-0.2, -0.15) is 0 Å². The van der Waals surface area contributed by atoms with E-state index in [1.54, 1.807) is 0 Å². The molecule has 0 aliphatic carbocycles. The van der Waals surface area contributed by atoms with Crippen LogP contribution in [0.1, 0.15) is 59.1 Å². The van der Waals surface area contributed by atoms with Crippen molar-refractivity contribution in [1.82, 2.24) is 4.90 Å². The number of carbonyl (C=O) groups is 1. The predicted molar refractivity (Wildman–Crippen MR) is 112 cm³/mol. The summed E-state index contributed by atoms with van der Waals surface area (Å²) in [7, 11) is -1.72. The van der Waals surface area contributed by atoms with Crippen LogP contribution in [0.3, 0.4) is 0 Å². The zero-order valence-corrected chi connectivity index (χ0v) is 18.7. The minimum absolute atomic E-state index is 0.109. The van der Waals surface area contributed by atoms with Crippen LogP contribution in [0.4, 0.5) is 0 Å². The maximum Gasteiger partial charge on any atom is 0.229 e. The van der Waals surface area contributed by atoms with Crippen LogP contribution in [-0.2, 0) is 9.22 Å². The third kappa shape index (κ3) is 4.40. The standard InChI is InChI=1S/C22H37NO2Si/c1-8-12-17(2)26(6,7)25-16-20-15-23(21(24)22(20,4)5)18(3)19-13-10-9-11-14-19/h9-11,13-14,17-18,20H,8,12,15-16H2,1-7H3/t17?,18-,20-/m1/s1. The molecule has 1 saturated heterocycles. The molecule has 0 aromatic heterocycles. The van der Waals surface area contributed by atoms with Crippen molar-refractivity contribution in [2.75, 3.05) is 13.2 Å². The molecule has 3 nitrogen and oxygen atoms in total. The van der Waals surface area contributed by atoms with E-state index in [2.05, 4.69) is 59.8 Å². The Balaban J connectivity index is 2.07. The third-order valence-electron chi connectivity index (χ3n) is 6.56. The van der Waals surface area contributed by atoms with Gasteiger partial charge in [-0.3, -0.25) is 4.79 Å². The van der Waals surface area contributed by atoms with Gasteiger partial charge in [-0.05, 0) is 31.1 Å². The second-order valence-corrected chi connectivity index (χ2v) is 13.5. The molecule has 1 aliphatic rings. The summed E-state index contributed by atoms with van der Waals surface area (Å²) in [6, 6.07) is 10.4. The molecule has 1 aromatic rings. The van der Waals surface area contributed by atoms with E-state index in [4.69, 9.17) is 4.43 Å². The lowest BCUT2D eigenvalue weighted by atomic mass is 9.82. The van der Waals surface area contributed by atoms with Crippen LogP contribution in [0.5, 0.6) is 0 Å². The van der Waals surface area contributed by atoms with Crippen molar-refractivity contribution in [3.63, 3.8) is 0 Å². The summed E-state index contributed by atoms with van der Waals surface area (Å²) in [4.78, 5) is 15.1. The van der Waals surface area contributed by atoms with Crippen LogP contribution in [0.25, 0.3) is 0 Å². The van der Waals surface area contributed by atoms with E-state index in [0.29, 0.717) is 12.1 Å². The first kappa shape index (κ1) is 21.2. The van der Waals surface area contributed by atoms with Crippen LogP contribution in [0, 0.1) is 11.3 Å². The van der Waals surface area contributed by atoms with Gasteiger partial charge in [0, 0.05) is 19.1 Å². The lowest BCUT2D eigenvalue weighted by molar-refractivity contribution is -0.137. The fourth-order valence-corrected chi connectivity index (χ4v) is 5.74. The first-order chi connectivity index (χ1) is 12.1. The highest BCUT2D eigenvalue weighted by Gasteiger charge is 2.49. The quantitative estimate of drug-likeness (QED) is 0.550. The molecule has 0 bridgehead atoms. The zero-order chi connectivity index (χ0) is 19.5. The third-order valence-corrected chi connectivity index (χ3v) is 10.1. The van der Waals surface area contributed by atoms with Crippen LogP contribution in [0.15, 0.2) is 30.3 Å². The molecule has 1 aromatic carbocycles. The highest BCUT2D eigenvalue weighted by atomic mass is 28.4. The minimum Gasteiger partial charge on any atom is -0.417 e. The SMILES string of the molecule is CCCC(C)[Si](C)(C)OC[C@H]1CN([C@H](C)c2ccccc2)C(=O)C1(C)C. The second-order valence-electron chi connectivity index (χ2n) is 9.07. The Bertz CT molecular complexity index is 599. The summed E-state index contributed by atoms with van der Waals surface area (Å²) in [5.41, 5.74) is 1.48. The Morgan fingerprint density at radius 1 is 1.23 bits per heavy atom. The van der Waals surface area contributed by atoms with Crippen LogP contribution < -0.4 is 0 Å². The average Bonchev–Trinajstić information content (AvgIpc) is 2.83. The summed E-state index contributed by atoms with van der Waals surface area (Å²) in [6.07, 6.45) is 2.43. The molecular formula is C22H37NO2Si. The van der Waals surface area contributed by atoms with Gasteiger partial charge in [0.05, 0.1) is 11.5 Å². The lowest BCUT2D eigenvalue weighted by Gasteiger charge is -2.33. The van der Waals surface area contributed by atoms with Crippen molar-refractivity contribution >= 4 is 14.2 Å². The van der Waals surface area contributed by atoms with Gasteiger partial charge >= 0.3 is 0 Å². The Kier molecular flexibility index (Phi) is 6.73. The van der Waals surface area contributed by atoms with Crippen molar-refractivity contribution in [3.8, 4) is 0 Å². The molecule has 26 heavy (non-hydrogen) atoms. The molecule has 2 rings (SSSR count). The highest BCUT2D eigenvalue weighted by molar-refractivity contribution is 6.72. The van der Waals surface area contributed by atoms with E-state index in [9.17, 15) is 4.79 Å². The number of benzene rings is 1. The first-order valence-corrected chi connectivity index (χ1v) is 13.1. The smallest absolute Gasteiger partial charge is 0.229 e. The monoisotopic (exact) mass is 375 g/mol. The topological polar surface area (TPSA) is 29.5 Å². The predicted octanol–water partition coefficient (Wildman–Crippen LogP) is 5.64. The molecular weight excluding hydrogens is 338 g/mol. The molecule has 1 aliphatic heterocycles. The van der Waals surface area contributed by atoms with Gasteiger partial charge in [-0.1, -0.05) is 70.9 Å². The number of hydrogen-bond donors (Lipinski definition) is 0. The van der Waals surface area contributed by atoms with E-state index in [1.807, 2.05) is 23.1 Å². The molecule has 4 heteroatoms. The van der Waals surface area contributed by atoms with Gasteiger partial charge < -0.3 is 9.33 Å². The summed E-state index contributed by atoms with van der Waals surface area (Å²) in [5.74, 6) is 0.505. The molecule has 0 spiro atoms. The van der Waals surface area contributed by atoms with E-state index >= 15 is 0 Å². The molecule has 146 valence electrons. The molecule has 1 fully saturated rings. The summed E-state index contributed by atoms with van der Waals surface area (Å²) >= 11 is 0. The summed E-state index contributed by atoms with van der Waals surface area (Å²) in [5, 5.41) is 0. The van der Waals surface area contributed by atoms with Crippen LogP contribution in [-0.4, -0.2) is 32.3 Å². The number of likely N-dealkylation sites (tertiary alicyclic amines) is 1. The van der Waals surface area contributed by atoms with Gasteiger partial charge in [0.2, 0.25) is 5.91 Å². The Morgan fingerprint density at radius 2 is 1.85 bits per heavy atom. The Labute approximate surface area is 161 Å². The molecule has 0 N–H and O–H groups in total. The van der Waals surface area contributed by atoms with Gasteiger partial charge in [-0.15, -0.1) is 0 Å². The van der Waals surface area contributed by atoms with E-state index in [1.165, 1.54) is 18.4 Å². The fourth-order valence-electron chi connectivity index (χ4n) is 3.84. The number of hydrogen-bond acceptors (Lipinski definition) is 2. The van der Waals surface area contributed by atoms with Gasteiger partial charge in [0.15, 0.2) is 8.32 Å². The van der Waals surface area contributed by atoms with Gasteiger partial charge in [0.25, 0.3) is 0 Å². The Morgan fingerprint density at radius 3 is 2.42 bits per heavy atom. The molecule has 0 saturated carbocycles. The van der Waals surface area contributed by atoms with Crippen molar-refractivity contribution in [2.45, 2.75) is 72.1 Å². The average molecular weight is 376 g/mol. The van der Waals surface area contributed by atoms with Gasteiger partial charge in [0.1, 0.15) is 0 Å². The number of nitrogens with zero attached hydrogens (tertiary/aromatic N) is 1. The summed E-state index contributed by atoms with van der Waals surface area (Å²) in [6.45, 7) is 17.0. The minimum atomic E-state index is -1.72. The van der Waals surface area contributed by atoms with E-state index in [0.717, 1.165) is 6.54 Å². The molecule has 1 unspecified atom stereocenters. The van der Waals surface area contributed by atoms with Crippen LogP contribution in [0.2, 0.25) is 18.6 Å². The van der Waals surface area contributed by atoms with Gasteiger partial charge in [-0.25, -0.2) is 0 Å². The first-order valence-electron chi connectivity index (χ1n) is 10.1. The number of rotatable bonds is 8. The maximum atomic E-state index is 13.1. The molecule has 3 atom stereocenters. The molecule has 1 heterocycles. The summed E-state index contributed by atoms with van der Waals surface area (Å²) < 4.78 is 6.51. The van der Waals surface area contributed by atoms with E-state index in [-0.39, 0.29) is 23.3 Å². The largest absolute Gasteiger partial charge is 0.417 e. The van der Waals surface area contributed by atoms with Crippen LogP contribution >= 0.6 is 0 Å². The number of amides is 1. The fraction of sp³-hybridized carbons (Fsp3) is 0.682.